The van der Waals surface area contributed by atoms with Crippen molar-refractivity contribution in [2.24, 2.45) is 5.92 Å². The van der Waals surface area contributed by atoms with Crippen molar-refractivity contribution in [2.45, 2.75) is 32.7 Å². The van der Waals surface area contributed by atoms with Crippen molar-refractivity contribution < 1.29 is 4.79 Å². The third-order valence-corrected chi connectivity index (χ3v) is 5.08. The normalized spacial score (nSPS) is 18.0. The number of fused-ring (bicyclic) bond motifs is 1. The van der Waals surface area contributed by atoms with Crippen molar-refractivity contribution in [3.05, 3.63) is 48.0 Å². The second-order valence-corrected chi connectivity index (χ2v) is 6.87. The highest BCUT2D eigenvalue weighted by molar-refractivity contribution is 5.81. The lowest BCUT2D eigenvalue weighted by Crippen LogP contribution is -2.42. The summed E-state index contributed by atoms with van der Waals surface area (Å²) >= 11 is 0. The summed E-state index contributed by atoms with van der Waals surface area (Å²) in [4.78, 5) is 19.4. The Morgan fingerprint density at radius 3 is 3.04 bits per heavy atom. The van der Waals surface area contributed by atoms with Crippen LogP contribution in [0.1, 0.15) is 24.4 Å². The van der Waals surface area contributed by atoms with E-state index in [4.69, 9.17) is 0 Å². The zero-order chi connectivity index (χ0) is 17.2. The predicted molar refractivity (Wildman–Crippen MR) is 96.1 cm³/mol. The van der Waals surface area contributed by atoms with Crippen molar-refractivity contribution in [1.82, 2.24) is 24.6 Å². The maximum atomic E-state index is 12.9. The first-order valence-corrected chi connectivity index (χ1v) is 8.88. The van der Waals surface area contributed by atoms with Crippen LogP contribution in [0.15, 0.2) is 36.5 Å². The van der Waals surface area contributed by atoms with Gasteiger partial charge < -0.3 is 9.47 Å². The Morgan fingerprint density at radius 2 is 2.20 bits per heavy atom. The number of aromatic amines is 1. The number of piperidine rings is 1. The fourth-order valence-corrected chi connectivity index (χ4v) is 3.80. The lowest BCUT2D eigenvalue weighted by molar-refractivity contribution is -0.133. The van der Waals surface area contributed by atoms with Gasteiger partial charge in [-0.15, -0.1) is 0 Å². The van der Waals surface area contributed by atoms with Crippen LogP contribution in [0, 0.1) is 12.8 Å². The fraction of sp³-hybridized carbons (Fsp3) is 0.421. The molecule has 3 heterocycles. The molecule has 1 atom stereocenters. The van der Waals surface area contributed by atoms with Crippen LogP contribution in [0.4, 0.5) is 0 Å². The molecule has 130 valence electrons. The number of amides is 1. The summed E-state index contributed by atoms with van der Waals surface area (Å²) in [5, 5.41) is 7.04. The molecule has 0 radical (unpaired) electrons. The maximum Gasteiger partial charge on any atom is 0.242 e. The van der Waals surface area contributed by atoms with Gasteiger partial charge >= 0.3 is 0 Å². The molecule has 2 aromatic heterocycles. The number of hydrogen-bond donors (Lipinski definition) is 1. The largest absolute Gasteiger partial charge is 0.341 e. The summed E-state index contributed by atoms with van der Waals surface area (Å²) in [6.07, 6.45) is 4.97. The number of benzene rings is 1. The minimum absolute atomic E-state index is 0.181. The molecule has 1 fully saturated rings. The van der Waals surface area contributed by atoms with Crippen LogP contribution in [-0.4, -0.2) is 43.6 Å². The van der Waals surface area contributed by atoms with Gasteiger partial charge in [-0.05, 0) is 50.3 Å². The Hall–Kier alpha value is -2.63. The first kappa shape index (κ1) is 15.9. The van der Waals surface area contributed by atoms with Crippen LogP contribution >= 0.6 is 0 Å². The van der Waals surface area contributed by atoms with E-state index >= 15 is 0 Å². The van der Waals surface area contributed by atoms with Crippen molar-refractivity contribution in [3.63, 3.8) is 0 Å². The molecule has 1 N–H and O–H groups in total. The standard InChI is InChI=1S/C19H23N5O/c1-14-21-17-6-2-3-7-18(17)24(14)13-19(25)23-10-4-5-15(12-23)11-16-8-9-20-22-16/h2-3,6-9,15H,4-5,10-13H2,1H3,(H,20,22)/t15-/m1/s1. The molecule has 1 saturated heterocycles. The average Bonchev–Trinajstić information content (AvgIpc) is 3.23. The third kappa shape index (κ3) is 3.29. The van der Waals surface area contributed by atoms with Gasteiger partial charge in [0.05, 0.1) is 11.0 Å². The summed E-state index contributed by atoms with van der Waals surface area (Å²) in [7, 11) is 0. The van der Waals surface area contributed by atoms with Gasteiger partial charge in [0.2, 0.25) is 5.91 Å². The van der Waals surface area contributed by atoms with Crippen LogP contribution < -0.4 is 0 Å². The van der Waals surface area contributed by atoms with E-state index in [1.165, 1.54) is 0 Å². The van der Waals surface area contributed by atoms with Crippen molar-refractivity contribution in [3.8, 4) is 0 Å². The van der Waals surface area contributed by atoms with Crippen LogP contribution in [0.3, 0.4) is 0 Å². The highest BCUT2D eigenvalue weighted by atomic mass is 16.2. The zero-order valence-electron chi connectivity index (χ0n) is 14.5. The fourth-order valence-electron chi connectivity index (χ4n) is 3.80. The molecular weight excluding hydrogens is 314 g/mol. The SMILES string of the molecule is Cc1nc2ccccc2n1CC(=O)N1CCC[C@H](Cc2ccn[nH]2)C1. The van der Waals surface area contributed by atoms with Gasteiger partial charge in [-0.2, -0.15) is 5.10 Å². The van der Waals surface area contributed by atoms with E-state index < -0.39 is 0 Å². The van der Waals surface area contributed by atoms with E-state index in [-0.39, 0.29) is 5.91 Å². The molecule has 1 aromatic carbocycles. The highest BCUT2D eigenvalue weighted by Gasteiger charge is 2.25. The maximum absolute atomic E-state index is 12.9. The molecule has 0 saturated carbocycles. The van der Waals surface area contributed by atoms with E-state index in [1.54, 1.807) is 6.20 Å². The molecule has 0 spiro atoms. The Kier molecular flexibility index (Phi) is 4.26. The highest BCUT2D eigenvalue weighted by Crippen LogP contribution is 2.21. The van der Waals surface area contributed by atoms with Crippen LogP contribution in [0.5, 0.6) is 0 Å². The van der Waals surface area contributed by atoms with E-state index in [0.717, 1.165) is 54.9 Å². The smallest absolute Gasteiger partial charge is 0.242 e. The van der Waals surface area contributed by atoms with Gasteiger partial charge in [0, 0.05) is 25.0 Å². The number of H-pyrrole nitrogens is 1. The number of para-hydroxylation sites is 2. The van der Waals surface area contributed by atoms with Crippen LogP contribution in [0.2, 0.25) is 0 Å². The lowest BCUT2D eigenvalue weighted by Gasteiger charge is -2.33. The number of nitrogens with one attached hydrogen (secondary N) is 1. The van der Waals surface area contributed by atoms with Gasteiger partial charge in [-0.3, -0.25) is 9.89 Å². The molecule has 4 rings (SSSR count). The Balaban J connectivity index is 1.46. The summed E-state index contributed by atoms with van der Waals surface area (Å²) in [6.45, 7) is 4.00. The number of imidazole rings is 1. The zero-order valence-corrected chi connectivity index (χ0v) is 14.5. The molecule has 6 nitrogen and oxygen atoms in total. The first-order chi connectivity index (χ1) is 12.2. The second kappa shape index (κ2) is 6.70. The van der Waals surface area contributed by atoms with Gasteiger partial charge in [0.15, 0.2) is 0 Å². The molecule has 0 aliphatic carbocycles. The summed E-state index contributed by atoms with van der Waals surface area (Å²) in [6, 6.07) is 10.0. The number of aromatic nitrogens is 4. The van der Waals surface area contributed by atoms with E-state index in [2.05, 4.69) is 15.2 Å². The molecule has 25 heavy (non-hydrogen) atoms. The Bertz CT molecular complexity index is 867. The van der Waals surface area contributed by atoms with Gasteiger partial charge in [-0.1, -0.05) is 12.1 Å². The Morgan fingerprint density at radius 1 is 1.32 bits per heavy atom. The van der Waals surface area contributed by atoms with E-state index in [0.29, 0.717) is 12.5 Å². The molecule has 1 aliphatic heterocycles. The van der Waals surface area contributed by atoms with Crippen molar-refractivity contribution in [2.75, 3.05) is 13.1 Å². The minimum Gasteiger partial charge on any atom is -0.341 e. The molecule has 6 heteroatoms. The number of rotatable bonds is 4. The molecule has 0 unspecified atom stereocenters. The molecule has 3 aromatic rings. The second-order valence-electron chi connectivity index (χ2n) is 6.87. The van der Waals surface area contributed by atoms with Gasteiger partial charge in [0.25, 0.3) is 0 Å². The van der Waals surface area contributed by atoms with Crippen LogP contribution in [0.25, 0.3) is 11.0 Å². The predicted octanol–water partition coefficient (Wildman–Crippen LogP) is 2.55. The third-order valence-electron chi connectivity index (χ3n) is 5.08. The summed E-state index contributed by atoms with van der Waals surface area (Å²) in [5.41, 5.74) is 3.12. The lowest BCUT2D eigenvalue weighted by atomic mass is 9.93. The monoisotopic (exact) mass is 337 g/mol. The number of carbonyl (C=O) groups excluding carboxylic acids is 1. The van der Waals surface area contributed by atoms with Gasteiger partial charge in [-0.25, -0.2) is 4.98 Å². The number of nitrogens with zero attached hydrogens (tertiary/aromatic N) is 4. The Labute approximate surface area is 146 Å². The summed E-state index contributed by atoms with van der Waals surface area (Å²) < 4.78 is 2.02. The number of likely N-dealkylation sites (tertiary alicyclic amines) is 1. The number of hydrogen-bond acceptors (Lipinski definition) is 3. The number of carbonyl (C=O) groups is 1. The molecular formula is C19H23N5O. The topological polar surface area (TPSA) is 66.8 Å². The van der Waals surface area contributed by atoms with Crippen molar-refractivity contribution in [1.29, 1.82) is 0 Å². The molecule has 0 bridgehead atoms. The quantitative estimate of drug-likeness (QED) is 0.795. The minimum atomic E-state index is 0.181. The molecule has 1 aliphatic rings. The first-order valence-electron chi connectivity index (χ1n) is 8.88. The van der Waals surface area contributed by atoms with Crippen molar-refractivity contribution >= 4 is 16.9 Å². The number of aryl methyl sites for hydroxylation is 1. The van der Waals surface area contributed by atoms with Crippen LogP contribution in [-0.2, 0) is 17.8 Å². The average molecular weight is 337 g/mol. The summed E-state index contributed by atoms with van der Waals surface area (Å²) in [5.74, 6) is 1.57. The molecule has 1 amide bonds. The van der Waals surface area contributed by atoms with Gasteiger partial charge in [0.1, 0.15) is 12.4 Å². The van der Waals surface area contributed by atoms with E-state index in [1.807, 2.05) is 46.7 Å². The van der Waals surface area contributed by atoms with E-state index in [9.17, 15) is 4.79 Å².